The van der Waals surface area contributed by atoms with Gasteiger partial charge in [0.1, 0.15) is 20.5 Å². The van der Waals surface area contributed by atoms with Crippen molar-refractivity contribution in [2.75, 3.05) is 18.6 Å². The molecule has 0 saturated carbocycles. The van der Waals surface area contributed by atoms with E-state index in [4.69, 9.17) is 5.14 Å². The molecule has 0 spiro atoms. The summed E-state index contributed by atoms with van der Waals surface area (Å²) in [6, 6.07) is 0.831. The second-order valence-corrected chi connectivity index (χ2v) is 7.99. The molecule has 0 fully saturated rings. The minimum absolute atomic E-state index is 0.335. The summed E-state index contributed by atoms with van der Waals surface area (Å²) in [7, 11) is -7.90. The quantitative estimate of drug-likeness (QED) is 0.738. The first-order chi connectivity index (χ1) is 9.42. The van der Waals surface area contributed by atoms with Crippen LogP contribution >= 0.6 is 0 Å². The van der Waals surface area contributed by atoms with Crippen LogP contribution in [0.4, 0.5) is 8.78 Å². The number of amides is 1. The van der Waals surface area contributed by atoms with Crippen molar-refractivity contribution in [2.24, 2.45) is 5.14 Å². The maximum Gasteiger partial charge on any atom is 0.254 e. The predicted molar refractivity (Wildman–Crippen MR) is 69.8 cm³/mol. The summed E-state index contributed by atoms with van der Waals surface area (Å²) in [5.74, 6) is -4.23. The zero-order valence-electron chi connectivity index (χ0n) is 10.8. The van der Waals surface area contributed by atoms with Crippen LogP contribution in [0.1, 0.15) is 10.4 Å². The average molecular weight is 342 g/mol. The Morgan fingerprint density at radius 3 is 2.29 bits per heavy atom. The van der Waals surface area contributed by atoms with Gasteiger partial charge < -0.3 is 5.32 Å². The van der Waals surface area contributed by atoms with Gasteiger partial charge in [-0.2, -0.15) is 0 Å². The lowest BCUT2D eigenvalue weighted by molar-refractivity contribution is 0.0951. The highest BCUT2D eigenvalue weighted by atomic mass is 32.2. The van der Waals surface area contributed by atoms with Crippen LogP contribution in [-0.4, -0.2) is 41.3 Å². The van der Waals surface area contributed by atoms with Gasteiger partial charge in [0.15, 0.2) is 5.82 Å². The molecule has 118 valence electrons. The van der Waals surface area contributed by atoms with Gasteiger partial charge in [0, 0.05) is 12.8 Å². The summed E-state index contributed by atoms with van der Waals surface area (Å²) < 4.78 is 71.0. The zero-order chi connectivity index (χ0) is 16.4. The van der Waals surface area contributed by atoms with E-state index in [0.29, 0.717) is 12.1 Å². The summed E-state index contributed by atoms with van der Waals surface area (Å²) in [5.41, 5.74) is -0.882. The van der Waals surface area contributed by atoms with Gasteiger partial charge in [-0.1, -0.05) is 0 Å². The summed E-state index contributed by atoms with van der Waals surface area (Å²) in [6.07, 6.45) is 0.932. The van der Waals surface area contributed by atoms with Gasteiger partial charge in [-0.05, 0) is 12.1 Å². The highest BCUT2D eigenvalue weighted by Gasteiger charge is 2.23. The number of hydrogen-bond donors (Lipinski definition) is 2. The number of rotatable bonds is 5. The monoisotopic (exact) mass is 342 g/mol. The van der Waals surface area contributed by atoms with E-state index in [-0.39, 0.29) is 6.54 Å². The first-order valence-corrected chi connectivity index (χ1v) is 9.00. The van der Waals surface area contributed by atoms with Crippen molar-refractivity contribution >= 4 is 25.8 Å². The van der Waals surface area contributed by atoms with Crippen LogP contribution in [0.2, 0.25) is 0 Å². The van der Waals surface area contributed by atoms with Crippen molar-refractivity contribution in [3.05, 3.63) is 29.3 Å². The third-order valence-electron chi connectivity index (χ3n) is 2.31. The summed E-state index contributed by atoms with van der Waals surface area (Å²) in [4.78, 5) is 10.5. The third kappa shape index (κ3) is 5.02. The van der Waals surface area contributed by atoms with E-state index < -0.39 is 53.6 Å². The second-order valence-electron chi connectivity index (χ2n) is 4.20. The number of sulfonamides is 1. The molecule has 0 aliphatic carbocycles. The van der Waals surface area contributed by atoms with Gasteiger partial charge in [0.05, 0.1) is 11.3 Å². The molecule has 11 heteroatoms. The SMILES string of the molecule is CS(=O)(=O)CCNC(=O)c1cc(F)cc(S(N)(=O)=O)c1F. The third-order valence-corrected chi connectivity index (χ3v) is 4.17. The lowest BCUT2D eigenvalue weighted by Gasteiger charge is -2.08. The Hall–Kier alpha value is -1.59. The van der Waals surface area contributed by atoms with Crippen molar-refractivity contribution in [1.29, 1.82) is 0 Å². The number of halogens is 2. The molecule has 3 N–H and O–H groups in total. The Kier molecular flexibility index (Phi) is 5.02. The Balaban J connectivity index is 3.08. The van der Waals surface area contributed by atoms with E-state index in [1.807, 2.05) is 5.32 Å². The molecule has 0 radical (unpaired) electrons. The lowest BCUT2D eigenvalue weighted by Crippen LogP contribution is -2.30. The minimum atomic E-state index is -4.55. The average Bonchev–Trinajstić information content (AvgIpc) is 2.28. The number of hydrogen-bond acceptors (Lipinski definition) is 5. The number of sulfone groups is 1. The maximum atomic E-state index is 13.9. The van der Waals surface area contributed by atoms with Crippen molar-refractivity contribution in [3.63, 3.8) is 0 Å². The molecule has 0 saturated heterocycles. The van der Waals surface area contributed by atoms with Crippen LogP contribution < -0.4 is 10.5 Å². The number of carbonyl (C=O) groups is 1. The number of primary sulfonamides is 1. The van der Waals surface area contributed by atoms with Gasteiger partial charge in [-0.15, -0.1) is 0 Å². The fraction of sp³-hybridized carbons (Fsp3) is 0.300. The van der Waals surface area contributed by atoms with Gasteiger partial charge in [-0.25, -0.2) is 30.8 Å². The number of nitrogens with one attached hydrogen (secondary N) is 1. The molecule has 7 nitrogen and oxygen atoms in total. The molecule has 1 rings (SSSR count). The molecular formula is C10H12F2N2O5S2. The molecule has 0 aliphatic heterocycles. The van der Waals surface area contributed by atoms with E-state index in [1.54, 1.807) is 0 Å². The van der Waals surface area contributed by atoms with Gasteiger partial charge in [0.2, 0.25) is 10.0 Å². The smallest absolute Gasteiger partial charge is 0.254 e. The van der Waals surface area contributed by atoms with Gasteiger partial charge in [0.25, 0.3) is 5.91 Å². The zero-order valence-corrected chi connectivity index (χ0v) is 12.4. The topological polar surface area (TPSA) is 123 Å². The van der Waals surface area contributed by atoms with Crippen molar-refractivity contribution in [1.82, 2.24) is 5.32 Å². The number of carbonyl (C=O) groups excluding carboxylic acids is 1. The Morgan fingerprint density at radius 2 is 1.81 bits per heavy atom. The van der Waals surface area contributed by atoms with Crippen molar-refractivity contribution in [2.45, 2.75) is 4.90 Å². The number of nitrogens with two attached hydrogens (primary N) is 1. The van der Waals surface area contributed by atoms with Gasteiger partial charge >= 0.3 is 0 Å². The van der Waals surface area contributed by atoms with E-state index in [1.165, 1.54) is 0 Å². The molecule has 0 aromatic heterocycles. The summed E-state index contributed by atoms with van der Waals surface area (Å²) in [6.45, 7) is -0.335. The molecule has 1 aromatic carbocycles. The fourth-order valence-electron chi connectivity index (χ4n) is 1.38. The largest absolute Gasteiger partial charge is 0.351 e. The Labute approximate surface area is 120 Å². The van der Waals surface area contributed by atoms with E-state index in [2.05, 4.69) is 0 Å². The summed E-state index contributed by atoms with van der Waals surface area (Å²) in [5, 5.41) is 6.75. The van der Waals surface area contributed by atoms with Crippen LogP contribution in [0.3, 0.4) is 0 Å². The standard InChI is InChI=1S/C10H12F2N2O5S2/c1-20(16,17)3-2-14-10(15)7-4-6(11)5-8(9(7)12)21(13,18)19/h4-5H,2-3H2,1H3,(H,14,15)(H2,13,18,19). The first-order valence-electron chi connectivity index (χ1n) is 5.39. The Morgan fingerprint density at radius 1 is 1.24 bits per heavy atom. The molecule has 0 bridgehead atoms. The van der Waals surface area contributed by atoms with Crippen LogP contribution in [0, 0.1) is 11.6 Å². The van der Waals surface area contributed by atoms with E-state index in [0.717, 1.165) is 6.26 Å². The van der Waals surface area contributed by atoms with Crippen LogP contribution in [0.15, 0.2) is 17.0 Å². The van der Waals surface area contributed by atoms with Gasteiger partial charge in [-0.3, -0.25) is 4.79 Å². The molecule has 0 atom stereocenters. The van der Waals surface area contributed by atoms with E-state index >= 15 is 0 Å². The van der Waals surface area contributed by atoms with Crippen LogP contribution in [-0.2, 0) is 19.9 Å². The normalized spacial score (nSPS) is 12.2. The summed E-state index contributed by atoms with van der Waals surface area (Å²) >= 11 is 0. The molecule has 0 aliphatic rings. The highest BCUT2D eigenvalue weighted by molar-refractivity contribution is 7.90. The van der Waals surface area contributed by atoms with E-state index in [9.17, 15) is 30.4 Å². The Bertz CT molecular complexity index is 775. The molecule has 0 unspecified atom stereocenters. The highest BCUT2D eigenvalue weighted by Crippen LogP contribution is 2.19. The fourth-order valence-corrected chi connectivity index (χ4v) is 2.49. The molecule has 1 amide bonds. The molecule has 21 heavy (non-hydrogen) atoms. The van der Waals surface area contributed by atoms with Crippen molar-refractivity contribution in [3.8, 4) is 0 Å². The maximum absolute atomic E-state index is 13.9. The minimum Gasteiger partial charge on any atom is -0.351 e. The predicted octanol–water partition coefficient (Wildman–Crippen LogP) is -0.613. The number of benzene rings is 1. The van der Waals surface area contributed by atoms with Crippen molar-refractivity contribution < 1.29 is 30.4 Å². The second kappa shape index (κ2) is 6.03. The molecule has 0 heterocycles. The van der Waals surface area contributed by atoms with Crippen LogP contribution in [0.25, 0.3) is 0 Å². The first kappa shape index (κ1) is 17.5. The molecule has 1 aromatic rings. The molecular weight excluding hydrogens is 330 g/mol. The lowest BCUT2D eigenvalue weighted by atomic mass is 10.2. The van der Waals surface area contributed by atoms with Crippen LogP contribution in [0.5, 0.6) is 0 Å².